The fourth-order valence-electron chi connectivity index (χ4n) is 1.31. The molecular weight excluding hydrogens is 316 g/mol. The van der Waals surface area contributed by atoms with Crippen LogP contribution < -0.4 is 4.74 Å². The topological polar surface area (TPSA) is 61.8 Å². The van der Waals surface area contributed by atoms with Crippen LogP contribution in [0.2, 0.25) is 0 Å². The van der Waals surface area contributed by atoms with E-state index in [1.54, 1.807) is 20.1 Å². The molecule has 19 heavy (non-hydrogen) atoms. The number of carbonyl (C=O) groups excluding carboxylic acids is 2. The molecule has 0 heterocycles. The van der Waals surface area contributed by atoms with Crippen molar-refractivity contribution in [2.24, 2.45) is 0 Å². The molecule has 1 aromatic rings. The van der Waals surface area contributed by atoms with Crippen molar-refractivity contribution in [3.63, 3.8) is 0 Å². The van der Waals surface area contributed by atoms with Gasteiger partial charge < -0.3 is 14.2 Å². The van der Waals surface area contributed by atoms with Gasteiger partial charge in [-0.25, -0.2) is 4.79 Å². The molecule has 0 unspecified atom stereocenters. The van der Waals surface area contributed by atoms with Crippen LogP contribution >= 0.6 is 15.9 Å². The Balaban J connectivity index is 2.75. The Morgan fingerprint density at radius 2 is 2.00 bits per heavy atom. The Kier molecular flexibility index (Phi) is 6.52. The molecule has 0 aromatic heterocycles. The summed E-state index contributed by atoms with van der Waals surface area (Å²) in [5.74, 6) is -0.953. The van der Waals surface area contributed by atoms with E-state index in [1.807, 2.05) is 0 Å². The van der Waals surface area contributed by atoms with Gasteiger partial charge in [-0.3, -0.25) is 4.79 Å². The van der Waals surface area contributed by atoms with Crippen LogP contribution in [0.15, 0.2) is 22.7 Å². The summed E-state index contributed by atoms with van der Waals surface area (Å²) in [5.41, 5.74) is 0.254. The first-order chi connectivity index (χ1) is 9.10. The molecule has 0 N–H and O–H groups in total. The Hall–Kier alpha value is -1.40. The van der Waals surface area contributed by atoms with Gasteiger partial charge in [0.1, 0.15) is 12.4 Å². The Morgan fingerprint density at radius 1 is 1.26 bits per heavy atom. The maximum absolute atomic E-state index is 11.7. The summed E-state index contributed by atoms with van der Waals surface area (Å²) < 4.78 is 15.5. The standard InChI is InChI=1S/C13H15BrO5/c1-3-18-13(16)12(15)9-4-5-11(10(14)8-9)19-7-6-17-2/h4-5,8H,3,6-7H2,1-2H3. The molecule has 5 nitrogen and oxygen atoms in total. The van der Waals surface area contributed by atoms with E-state index in [-0.39, 0.29) is 12.2 Å². The highest BCUT2D eigenvalue weighted by molar-refractivity contribution is 9.10. The molecule has 104 valence electrons. The predicted octanol–water partition coefficient (Wildman–Crippen LogP) is 2.22. The number of methoxy groups -OCH3 is 1. The second-order valence-electron chi connectivity index (χ2n) is 3.54. The van der Waals surface area contributed by atoms with Crippen molar-refractivity contribution < 1.29 is 23.8 Å². The van der Waals surface area contributed by atoms with Crippen LogP contribution in [0.1, 0.15) is 17.3 Å². The number of hydrogen-bond donors (Lipinski definition) is 0. The van der Waals surface area contributed by atoms with E-state index in [4.69, 9.17) is 9.47 Å². The molecule has 0 aliphatic carbocycles. The number of rotatable bonds is 7. The quantitative estimate of drug-likeness (QED) is 0.332. The minimum absolute atomic E-state index is 0.171. The van der Waals surface area contributed by atoms with Crippen molar-refractivity contribution in [2.75, 3.05) is 26.9 Å². The summed E-state index contributed by atoms with van der Waals surface area (Å²) in [5, 5.41) is 0. The van der Waals surface area contributed by atoms with E-state index in [1.165, 1.54) is 12.1 Å². The fourth-order valence-corrected chi connectivity index (χ4v) is 1.80. The highest BCUT2D eigenvalue weighted by atomic mass is 79.9. The average Bonchev–Trinajstić information content (AvgIpc) is 2.40. The normalized spacial score (nSPS) is 10.1. The third kappa shape index (κ3) is 4.65. The molecule has 1 rings (SSSR count). The zero-order chi connectivity index (χ0) is 14.3. The number of esters is 1. The smallest absolute Gasteiger partial charge is 0.379 e. The second kappa shape index (κ2) is 7.91. The molecule has 0 amide bonds. The van der Waals surface area contributed by atoms with Crippen LogP contribution in [0.25, 0.3) is 0 Å². The van der Waals surface area contributed by atoms with E-state index in [2.05, 4.69) is 20.7 Å². The first kappa shape index (κ1) is 15.7. The van der Waals surface area contributed by atoms with Gasteiger partial charge in [0.25, 0.3) is 5.78 Å². The third-order valence-electron chi connectivity index (χ3n) is 2.20. The van der Waals surface area contributed by atoms with Crippen LogP contribution in [0.4, 0.5) is 0 Å². The van der Waals surface area contributed by atoms with Gasteiger partial charge in [-0.1, -0.05) is 0 Å². The number of Topliss-reactive ketones (excluding diaryl/α,β-unsaturated/α-hetero) is 1. The van der Waals surface area contributed by atoms with Gasteiger partial charge in [-0.05, 0) is 41.1 Å². The molecule has 0 spiro atoms. The fraction of sp³-hybridized carbons (Fsp3) is 0.385. The van der Waals surface area contributed by atoms with Crippen LogP contribution in [-0.2, 0) is 14.3 Å². The van der Waals surface area contributed by atoms with Gasteiger partial charge in [-0.15, -0.1) is 0 Å². The van der Waals surface area contributed by atoms with Crippen LogP contribution in [-0.4, -0.2) is 38.7 Å². The SMILES string of the molecule is CCOC(=O)C(=O)c1ccc(OCCOC)c(Br)c1. The third-order valence-corrected chi connectivity index (χ3v) is 2.82. The summed E-state index contributed by atoms with van der Waals surface area (Å²) in [6.07, 6.45) is 0. The van der Waals surface area contributed by atoms with Crippen LogP contribution in [0.5, 0.6) is 5.75 Å². The molecule has 0 aliphatic rings. The van der Waals surface area contributed by atoms with E-state index < -0.39 is 11.8 Å². The van der Waals surface area contributed by atoms with Gasteiger partial charge in [0.15, 0.2) is 0 Å². The average molecular weight is 331 g/mol. The number of hydrogen-bond acceptors (Lipinski definition) is 5. The lowest BCUT2D eigenvalue weighted by molar-refractivity contribution is -0.137. The van der Waals surface area contributed by atoms with Gasteiger partial charge in [0.2, 0.25) is 0 Å². The highest BCUT2D eigenvalue weighted by Crippen LogP contribution is 2.26. The van der Waals surface area contributed by atoms with Gasteiger partial charge in [0, 0.05) is 12.7 Å². The molecule has 0 atom stereocenters. The van der Waals surface area contributed by atoms with Gasteiger partial charge in [-0.2, -0.15) is 0 Å². The molecule has 0 saturated carbocycles. The highest BCUT2D eigenvalue weighted by Gasteiger charge is 2.18. The number of halogens is 1. The van der Waals surface area contributed by atoms with E-state index in [9.17, 15) is 9.59 Å². The molecule has 0 fully saturated rings. The summed E-state index contributed by atoms with van der Waals surface area (Å²) >= 11 is 3.29. The second-order valence-corrected chi connectivity index (χ2v) is 4.39. The minimum atomic E-state index is -0.859. The first-order valence-electron chi connectivity index (χ1n) is 5.72. The molecule has 6 heteroatoms. The summed E-state index contributed by atoms with van der Waals surface area (Å²) in [6, 6.07) is 4.67. The van der Waals surface area contributed by atoms with Crippen molar-refractivity contribution in [2.45, 2.75) is 6.92 Å². The Bertz CT molecular complexity index is 458. The molecule has 0 saturated heterocycles. The molecule has 1 aromatic carbocycles. The van der Waals surface area contributed by atoms with Crippen molar-refractivity contribution >= 4 is 27.7 Å². The molecule has 0 radical (unpaired) electrons. The largest absolute Gasteiger partial charge is 0.490 e. The number of ketones is 1. The van der Waals surface area contributed by atoms with Gasteiger partial charge in [0.05, 0.1) is 17.7 Å². The Labute approximate surface area is 120 Å². The van der Waals surface area contributed by atoms with Gasteiger partial charge >= 0.3 is 5.97 Å². The maximum Gasteiger partial charge on any atom is 0.379 e. The van der Waals surface area contributed by atoms with E-state index >= 15 is 0 Å². The summed E-state index contributed by atoms with van der Waals surface area (Å²) in [7, 11) is 1.58. The van der Waals surface area contributed by atoms with E-state index in [0.717, 1.165) is 0 Å². The predicted molar refractivity (Wildman–Crippen MR) is 72.5 cm³/mol. The van der Waals surface area contributed by atoms with Crippen molar-refractivity contribution in [1.82, 2.24) is 0 Å². The number of carbonyl (C=O) groups is 2. The zero-order valence-electron chi connectivity index (χ0n) is 10.8. The number of benzene rings is 1. The first-order valence-corrected chi connectivity index (χ1v) is 6.52. The lowest BCUT2D eigenvalue weighted by Gasteiger charge is -2.08. The number of ether oxygens (including phenoxy) is 3. The molecule has 0 aliphatic heterocycles. The van der Waals surface area contributed by atoms with E-state index in [0.29, 0.717) is 23.4 Å². The molecular formula is C13H15BrO5. The van der Waals surface area contributed by atoms with Crippen molar-refractivity contribution in [3.05, 3.63) is 28.2 Å². The summed E-state index contributed by atoms with van der Waals surface area (Å²) in [4.78, 5) is 23.0. The minimum Gasteiger partial charge on any atom is -0.490 e. The Morgan fingerprint density at radius 3 is 2.58 bits per heavy atom. The van der Waals surface area contributed by atoms with Crippen LogP contribution in [0.3, 0.4) is 0 Å². The van der Waals surface area contributed by atoms with Crippen molar-refractivity contribution in [3.8, 4) is 5.75 Å². The zero-order valence-corrected chi connectivity index (χ0v) is 12.4. The lowest BCUT2D eigenvalue weighted by atomic mass is 10.1. The molecule has 0 bridgehead atoms. The lowest BCUT2D eigenvalue weighted by Crippen LogP contribution is -2.17. The monoisotopic (exact) mass is 330 g/mol. The van der Waals surface area contributed by atoms with Crippen molar-refractivity contribution in [1.29, 1.82) is 0 Å². The maximum atomic E-state index is 11.7. The summed E-state index contributed by atoms with van der Waals surface area (Å²) in [6.45, 7) is 2.69. The van der Waals surface area contributed by atoms with Crippen LogP contribution in [0, 0.1) is 0 Å².